The minimum absolute atomic E-state index is 0.0988. The van der Waals surface area contributed by atoms with Gasteiger partial charge in [0.1, 0.15) is 6.61 Å². The molecule has 132 valence electrons. The number of hydrogen-bond donors (Lipinski definition) is 1. The van der Waals surface area contributed by atoms with Gasteiger partial charge >= 0.3 is 6.09 Å². The van der Waals surface area contributed by atoms with Crippen LogP contribution < -0.4 is 9.62 Å². The Bertz CT molecular complexity index is 1080. The van der Waals surface area contributed by atoms with Gasteiger partial charge in [-0.05, 0) is 36.4 Å². The van der Waals surface area contributed by atoms with Crippen molar-refractivity contribution in [2.24, 2.45) is 0 Å². The lowest BCUT2D eigenvalue weighted by Crippen LogP contribution is -2.23. The molecule has 0 spiro atoms. The van der Waals surface area contributed by atoms with Gasteiger partial charge in [0, 0.05) is 17.3 Å². The van der Waals surface area contributed by atoms with Crippen molar-refractivity contribution in [1.82, 2.24) is 4.98 Å². The van der Waals surface area contributed by atoms with Crippen molar-refractivity contribution < 1.29 is 17.9 Å². The van der Waals surface area contributed by atoms with E-state index in [9.17, 15) is 13.2 Å². The fourth-order valence-electron chi connectivity index (χ4n) is 2.82. The molecule has 1 aliphatic rings. The predicted octanol–water partition coefficient (Wildman–Crippen LogP) is 2.99. The lowest BCUT2D eigenvalue weighted by molar-refractivity contribution is 0.181. The van der Waals surface area contributed by atoms with Crippen molar-refractivity contribution in [1.29, 1.82) is 0 Å². The largest absolute Gasteiger partial charge is 0.447 e. The van der Waals surface area contributed by atoms with E-state index >= 15 is 0 Å². The number of nitrogens with zero attached hydrogens (tertiary/aromatic N) is 2. The topological polar surface area (TPSA) is 88.6 Å². The van der Waals surface area contributed by atoms with Gasteiger partial charge in [0.15, 0.2) is 0 Å². The molecule has 1 fully saturated rings. The number of pyridine rings is 1. The number of carbonyl (C=O) groups is 1. The van der Waals surface area contributed by atoms with Crippen molar-refractivity contribution in [3.63, 3.8) is 0 Å². The standard InChI is InChI=1S/C18H15N3O4S/c22-18-21(11-12-25-18)14-6-8-15(9-7-14)26(23,24)20-16-5-1-3-13-4-2-10-19-17(13)16/h1-10,20H,11-12H2. The summed E-state index contributed by atoms with van der Waals surface area (Å²) in [6.07, 6.45) is 1.19. The SMILES string of the molecule is O=C1OCCN1c1ccc(S(=O)(=O)Nc2cccc3cccnc23)cc1. The van der Waals surface area contributed by atoms with Crippen LogP contribution >= 0.6 is 0 Å². The van der Waals surface area contributed by atoms with E-state index in [1.54, 1.807) is 36.5 Å². The van der Waals surface area contributed by atoms with Gasteiger partial charge in [0.05, 0.1) is 22.6 Å². The molecular weight excluding hydrogens is 354 g/mol. The highest BCUT2D eigenvalue weighted by atomic mass is 32.2. The fourth-order valence-corrected chi connectivity index (χ4v) is 3.89. The third-order valence-corrected chi connectivity index (χ3v) is 5.48. The molecule has 0 radical (unpaired) electrons. The van der Waals surface area contributed by atoms with Gasteiger partial charge in [0.25, 0.3) is 10.0 Å². The number of benzene rings is 2. The minimum Gasteiger partial charge on any atom is -0.447 e. The molecule has 1 aromatic heterocycles. The van der Waals surface area contributed by atoms with Gasteiger partial charge in [-0.2, -0.15) is 0 Å². The fraction of sp³-hybridized carbons (Fsp3) is 0.111. The molecule has 0 aliphatic carbocycles. The molecule has 1 aliphatic heterocycles. The molecule has 0 atom stereocenters. The number of amides is 1. The summed E-state index contributed by atoms with van der Waals surface area (Å²) in [6, 6.07) is 15.1. The molecule has 2 aromatic carbocycles. The molecule has 2 heterocycles. The van der Waals surface area contributed by atoms with Crippen LogP contribution in [0, 0.1) is 0 Å². The lowest BCUT2D eigenvalue weighted by Gasteiger charge is -2.14. The molecular formula is C18H15N3O4S. The molecule has 7 nitrogen and oxygen atoms in total. The number of fused-ring (bicyclic) bond motifs is 1. The second-order valence-corrected chi connectivity index (χ2v) is 7.43. The summed E-state index contributed by atoms with van der Waals surface area (Å²) in [5.74, 6) is 0. The van der Waals surface area contributed by atoms with Crippen molar-refractivity contribution in [3.8, 4) is 0 Å². The number of rotatable bonds is 4. The zero-order chi connectivity index (χ0) is 18.1. The lowest BCUT2D eigenvalue weighted by atomic mass is 10.2. The smallest absolute Gasteiger partial charge is 0.414 e. The Balaban J connectivity index is 1.63. The van der Waals surface area contributed by atoms with Crippen LogP contribution in [0.5, 0.6) is 0 Å². The van der Waals surface area contributed by atoms with Crippen LogP contribution in [-0.2, 0) is 14.8 Å². The molecule has 4 rings (SSSR count). The van der Waals surface area contributed by atoms with Gasteiger partial charge in [-0.25, -0.2) is 13.2 Å². The van der Waals surface area contributed by atoms with Crippen molar-refractivity contribution in [2.45, 2.75) is 4.90 Å². The number of para-hydroxylation sites is 1. The number of aromatic nitrogens is 1. The van der Waals surface area contributed by atoms with E-state index in [1.165, 1.54) is 17.0 Å². The number of cyclic esters (lactones) is 1. The summed E-state index contributed by atoms with van der Waals surface area (Å²) in [5.41, 5.74) is 1.59. The van der Waals surface area contributed by atoms with Crippen LogP contribution in [0.2, 0.25) is 0 Å². The minimum atomic E-state index is -3.78. The summed E-state index contributed by atoms with van der Waals surface area (Å²) < 4.78 is 32.9. The van der Waals surface area contributed by atoms with Crippen LogP contribution in [-0.4, -0.2) is 32.6 Å². The third-order valence-electron chi connectivity index (χ3n) is 4.10. The highest BCUT2D eigenvalue weighted by molar-refractivity contribution is 7.92. The summed E-state index contributed by atoms with van der Waals surface area (Å²) in [7, 11) is -3.78. The number of nitrogens with one attached hydrogen (secondary N) is 1. The van der Waals surface area contributed by atoms with Gasteiger partial charge in [-0.15, -0.1) is 0 Å². The average molecular weight is 369 g/mol. The van der Waals surface area contributed by atoms with Crippen LogP contribution in [0.25, 0.3) is 10.9 Å². The normalized spacial score (nSPS) is 14.5. The van der Waals surface area contributed by atoms with Crippen molar-refractivity contribution >= 4 is 38.4 Å². The molecule has 8 heteroatoms. The van der Waals surface area contributed by atoms with Crippen LogP contribution in [0.15, 0.2) is 65.7 Å². The molecule has 26 heavy (non-hydrogen) atoms. The van der Waals surface area contributed by atoms with Crippen LogP contribution in [0.1, 0.15) is 0 Å². The van der Waals surface area contributed by atoms with Crippen LogP contribution in [0.4, 0.5) is 16.2 Å². The molecule has 0 bridgehead atoms. The first-order chi connectivity index (χ1) is 12.5. The molecule has 0 saturated carbocycles. The number of carbonyl (C=O) groups excluding carboxylic acids is 1. The number of ether oxygens (including phenoxy) is 1. The first kappa shape index (κ1) is 16.3. The second kappa shape index (κ2) is 6.30. The van der Waals surface area contributed by atoms with Gasteiger partial charge in [0.2, 0.25) is 0 Å². The molecule has 1 amide bonds. The Morgan fingerprint density at radius 2 is 1.81 bits per heavy atom. The highest BCUT2D eigenvalue weighted by Gasteiger charge is 2.24. The Morgan fingerprint density at radius 3 is 2.54 bits per heavy atom. The average Bonchev–Trinajstić information content (AvgIpc) is 3.08. The van der Waals surface area contributed by atoms with E-state index in [-0.39, 0.29) is 4.90 Å². The van der Waals surface area contributed by atoms with Gasteiger partial charge in [-0.1, -0.05) is 18.2 Å². The van der Waals surface area contributed by atoms with Crippen LogP contribution in [0.3, 0.4) is 0 Å². The van der Waals surface area contributed by atoms with Gasteiger partial charge in [-0.3, -0.25) is 14.6 Å². The highest BCUT2D eigenvalue weighted by Crippen LogP contribution is 2.25. The zero-order valence-corrected chi connectivity index (χ0v) is 14.4. The molecule has 0 unspecified atom stereocenters. The Morgan fingerprint density at radius 1 is 1.04 bits per heavy atom. The van der Waals surface area contributed by atoms with E-state index < -0.39 is 16.1 Å². The van der Waals surface area contributed by atoms with E-state index in [0.29, 0.717) is 30.0 Å². The van der Waals surface area contributed by atoms with E-state index in [4.69, 9.17) is 4.74 Å². The molecule has 1 saturated heterocycles. The maximum atomic E-state index is 12.7. The first-order valence-corrected chi connectivity index (χ1v) is 9.44. The zero-order valence-electron chi connectivity index (χ0n) is 13.6. The molecule has 1 N–H and O–H groups in total. The van der Waals surface area contributed by atoms with Crippen molar-refractivity contribution in [3.05, 3.63) is 60.8 Å². The predicted molar refractivity (Wildman–Crippen MR) is 97.7 cm³/mol. The Labute approximate surface area is 150 Å². The van der Waals surface area contributed by atoms with Gasteiger partial charge < -0.3 is 4.74 Å². The quantitative estimate of drug-likeness (QED) is 0.764. The van der Waals surface area contributed by atoms with E-state index in [2.05, 4.69) is 9.71 Å². The number of sulfonamides is 1. The number of anilines is 2. The summed E-state index contributed by atoms with van der Waals surface area (Å²) in [4.78, 5) is 17.4. The summed E-state index contributed by atoms with van der Waals surface area (Å²) in [6.45, 7) is 0.777. The maximum absolute atomic E-state index is 12.7. The monoisotopic (exact) mass is 369 g/mol. The Hall–Kier alpha value is -3.13. The van der Waals surface area contributed by atoms with E-state index in [1.807, 2.05) is 12.1 Å². The Kier molecular flexibility index (Phi) is 3.96. The number of hydrogen-bond acceptors (Lipinski definition) is 5. The third kappa shape index (κ3) is 2.95. The first-order valence-electron chi connectivity index (χ1n) is 7.95. The van der Waals surface area contributed by atoms with E-state index in [0.717, 1.165) is 5.39 Å². The summed E-state index contributed by atoms with van der Waals surface area (Å²) >= 11 is 0. The summed E-state index contributed by atoms with van der Waals surface area (Å²) in [5, 5.41) is 0.843. The molecule has 3 aromatic rings. The van der Waals surface area contributed by atoms with Crippen molar-refractivity contribution in [2.75, 3.05) is 22.8 Å². The second-order valence-electron chi connectivity index (χ2n) is 5.75. The maximum Gasteiger partial charge on any atom is 0.414 e.